The van der Waals surface area contributed by atoms with Crippen LogP contribution in [-0.2, 0) is 0 Å². The number of nitrogens with one attached hydrogen (secondary N) is 2. The van der Waals surface area contributed by atoms with Gasteiger partial charge in [-0.05, 0) is 50.9 Å². The summed E-state index contributed by atoms with van der Waals surface area (Å²) in [7, 11) is 1.72. The zero-order valence-electron chi connectivity index (χ0n) is 17.5. The lowest BCUT2D eigenvalue weighted by atomic mass is 9.97. The first-order valence-electron chi connectivity index (χ1n) is 10.1. The van der Waals surface area contributed by atoms with Crippen LogP contribution in [-0.4, -0.2) is 30.2 Å². The van der Waals surface area contributed by atoms with Crippen LogP contribution in [0, 0.1) is 13.8 Å². The van der Waals surface area contributed by atoms with E-state index in [1.807, 2.05) is 13.0 Å². The monoisotopic (exact) mass is 388 g/mol. The molecule has 0 saturated heterocycles. The SMILES string of the molecule is COc1cc2nc(C)nc(N[C@H](C)c3cccc(C)c3)c2cc1C1=CCNCC1. The van der Waals surface area contributed by atoms with E-state index >= 15 is 0 Å². The second-order valence-corrected chi connectivity index (χ2v) is 7.65. The van der Waals surface area contributed by atoms with Crippen molar-refractivity contribution in [1.82, 2.24) is 15.3 Å². The van der Waals surface area contributed by atoms with Crippen LogP contribution in [0.15, 0.2) is 42.5 Å². The van der Waals surface area contributed by atoms with E-state index in [-0.39, 0.29) is 6.04 Å². The van der Waals surface area contributed by atoms with Gasteiger partial charge in [-0.3, -0.25) is 0 Å². The molecule has 0 saturated carbocycles. The Bertz CT molecular complexity index is 1070. The number of benzene rings is 2. The molecule has 2 aromatic carbocycles. The maximum absolute atomic E-state index is 5.71. The summed E-state index contributed by atoms with van der Waals surface area (Å²) in [6.45, 7) is 8.07. The molecule has 0 spiro atoms. The summed E-state index contributed by atoms with van der Waals surface area (Å²) in [5.74, 6) is 2.47. The molecule has 0 bridgehead atoms. The Hall–Kier alpha value is -2.92. The van der Waals surface area contributed by atoms with Gasteiger partial charge in [0.2, 0.25) is 0 Å². The lowest BCUT2D eigenvalue weighted by Crippen LogP contribution is -2.20. The Morgan fingerprint density at radius 1 is 1.14 bits per heavy atom. The third-order valence-corrected chi connectivity index (χ3v) is 5.43. The first-order chi connectivity index (χ1) is 14.0. The van der Waals surface area contributed by atoms with Gasteiger partial charge in [0.15, 0.2) is 0 Å². The van der Waals surface area contributed by atoms with E-state index in [0.717, 1.165) is 53.4 Å². The number of anilines is 1. The average molecular weight is 389 g/mol. The predicted molar refractivity (Wildman–Crippen MR) is 120 cm³/mol. The minimum absolute atomic E-state index is 0.135. The molecule has 0 fully saturated rings. The molecule has 0 aliphatic carbocycles. The Morgan fingerprint density at radius 3 is 2.72 bits per heavy atom. The molecule has 1 aliphatic rings. The Labute approximate surface area is 172 Å². The van der Waals surface area contributed by atoms with Gasteiger partial charge in [-0.15, -0.1) is 0 Å². The molecule has 5 heteroatoms. The van der Waals surface area contributed by atoms with Crippen LogP contribution in [0.4, 0.5) is 5.82 Å². The molecule has 150 valence electrons. The van der Waals surface area contributed by atoms with Crippen molar-refractivity contribution in [3.8, 4) is 5.75 Å². The van der Waals surface area contributed by atoms with Crippen LogP contribution in [0.3, 0.4) is 0 Å². The predicted octanol–water partition coefficient (Wildman–Crippen LogP) is 4.81. The fraction of sp³-hybridized carbons (Fsp3) is 0.333. The van der Waals surface area contributed by atoms with Crippen molar-refractivity contribution in [3.05, 3.63) is 65.0 Å². The van der Waals surface area contributed by atoms with Crippen LogP contribution in [0.5, 0.6) is 5.75 Å². The lowest BCUT2D eigenvalue weighted by Gasteiger charge is -2.20. The largest absolute Gasteiger partial charge is 0.496 e. The summed E-state index contributed by atoms with van der Waals surface area (Å²) in [4.78, 5) is 9.40. The number of fused-ring (bicyclic) bond motifs is 1. The highest BCUT2D eigenvalue weighted by molar-refractivity contribution is 5.94. The molecular weight excluding hydrogens is 360 g/mol. The number of aromatic nitrogens is 2. The average Bonchev–Trinajstić information content (AvgIpc) is 2.73. The fourth-order valence-corrected chi connectivity index (χ4v) is 3.90. The van der Waals surface area contributed by atoms with E-state index in [0.29, 0.717) is 0 Å². The van der Waals surface area contributed by atoms with Crippen LogP contribution < -0.4 is 15.4 Å². The second-order valence-electron chi connectivity index (χ2n) is 7.65. The van der Waals surface area contributed by atoms with Crippen molar-refractivity contribution in [2.24, 2.45) is 0 Å². The minimum atomic E-state index is 0.135. The van der Waals surface area contributed by atoms with E-state index < -0.39 is 0 Å². The van der Waals surface area contributed by atoms with Gasteiger partial charge in [0.05, 0.1) is 12.6 Å². The molecule has 0 unspecified atom stereocenters. The minimum Gasteiger partial charge on any atom is -0.496 e. The van der Waals surface area contributed by atoms with E-state index in [4.69, 9.17) is 9.72 Å². The Kier molecular flexibility index (Phi) is 5.49. The molecule has 4 rings (SSSR count). The lowest BCUT2D eigenvalue weighted by molar-refractivity contribution is 0.413. The van der Waals surface area contributed by atoms with Gasteiger partial charge in [0.1, 0.15) is 17.4 Å². The summed E-state index contributed by atoms with van der Waals surface area (Å²) in [5.41, 5.74) is 5.82. The zero-order chi connectivity index (χ0) is 20.4. The molecule has 1 aliphatic heterocycles. The molecule has 3 aromatic rings. The molecule has 2 N–H and O–H groups in total. The number of aryl methyl sites for hydroxylation is 2. The number of nitrogens with zero attached hydrogens (tertiary/aromatic N) is 2. The summed E-state index contributed by atoms with van der Waals surface area (Å²) in [5, 5.41) is 8.00. The highest BCUT2D eigenvalue weighted by Gasteiger charge is 2.17. The van der Waals surface area contributed by atoms with Gasteiger partial charge >= 0.3 is 0 Å². The third-order valence-electron chi connectivity index (χ3n) is 5.43. The molecule has 1 atom stereocenters. The standard InChI is InChI=1S/C24H28N4O/c1-15-6-5-7-19(12-15)16(2)26-24-21-13-20(18-8-10-25-11-9-18)23(29-4)14-22(21)27-17(3)28-24/h5-8,12-14,16,25H,9-11H2,1-4H3,(H,26,27,28)/t16-/m1/s1. The molecule has 0 amide bonds. The molecule has 2 heterocycles. The highest BCUT2D eigenvalue weighted by atomic mass is 16.5. The van der Waals surface area contributed by atoms with Crippen LogP contribution in [0.1, 0.15) is 41.9 Å². The van der Waals surface area contributed by atoms with Crippen molar-refractivity contribution in [3.63, 3.8) is 0 Å². The third kappa shape index (κ3) is 4.10. The summed E-state index contributed by atoms with van der Waals surface area (Å²) < 4.78 is 5.71. The van der Waals surface area contributed by atoms with Crippen molar-refractivity contribution in [2.45, 2.75) is 33.2 Å². The second kappa shape index (κ2) is 8.21. The zero-order valence-corrected chi connectivity index (χ0v) is 17.5. The molecular formula is C24H28N4O. The maximum Gasteiger partial charge on any atom is 0.138 e. The van der Waals surface area contributed by atoms with E-state index in [1.165, 1.54) is 16.7 Å². The first kappa shape index (κ1) is 19.4. The number of ether oxygens (including phenoxy) is 1. The molecule has 0 radical (unpaired) electrons. The van der Waals surface area contributed by atoms with E-state index in [1.54, 1.807) is 7.11 Å². The summed E-state index contributed by atoms with van der Waals surface area (Å²) in [6.07, 6.45) is 3.22. The van der Waals surface area contributed by atoms with Crippen LogP contribution in [0.25, 0.3) is 16.5 Å². The van der Waals surface area contributed by atoms with E-state index in [2.05, 4.69) is 65.9 Å². The van der Waals surface area contributed by atoms with Crippen molar-refractivity contribution < 1.29 is 4.74 Å². The first-order valence-corrected chi connectivity index (χ1v) is 10.1. The smallest absolute Gasteiger partial charge is 0.138 e. The van der Waals surface area contributed by atoms with Gasteiger partial charge in [-0.2, -0.15) is 0 Å². The number of hydrogen-bond acceptors (Lipinski definition) is 5. The Balaban J connectivity index is 1.79. The van der Waals surface area contributed by atoms with E-state index in [9.17, 15) is 0 Å². The molecule has 1 aromatic heterocycles. The maximum atomic E-state index is 5.71. The van der Waals surface area contributed by atoms with Gasteiger partial charge in [-0.25, -0.2) is 9.97 Å². The van der Waals surface area contributed by atoms with Gasteiger partial charge in [0.25, 0.3) is 0 Å². The molecule has 5 nitrogen and oxygen atoms in total. The number of rotatable bonds is 5. The van der Waals surface area contributed by atoms with Crippen LogP contribution in [0.2, 0.25) is 0 Å². The number of methoxy groups -OCH3 is 1. The van der Waals surface area contributed by atoms with Gasteiger partial charge in [-0.1, -0.05) is 35.9 Å². The number of hydrogen-bond donors (Lipinski definition) is 2. The Morgan fingerprint density at radius 2 is 2.00 bits per heavy atom. The van der Waals surface area contributed by atoms with Crippen molar-refractivity contribution in [2.75, 3.05) is 25.5 Å². The summed E-state index contributed by atoms with van der Waals surface area (Å²) >= 11 is 0. The van der Waals surface area contributed by atoms with Crippen molar-refractivity contribution in [1.29, 1.82) is 0 Å². The van der Waals surface area contributed by atoms with Gasteiger partial charge in [0, 0.05) is 29.6 Å². The van der Waals surface area contributed by atoms with Crippen LogP contribution >= 0.6 is 0 Å². The normalized spacial score (nSPS) is 15.1. The topological polar surface area (TPSA) is 59.1 Å². The fourth-order valence-electron chi connectivity index (χ4n) is 3.90. The quantitative estimate of drug-likeness (QED) is 0.657. The van der Waals surface area contributed by atoms with Gasteiger partial charge < -0.3 is 15.4 Å². The summed E-state index contributed by atoms with van der Waals surface area (Å²) in [6, 6.07) is 12.9. The highest BCUT2D eigenvalue weighted by Crippen LogP contribution is 2.35. The van der Waals surface area contributed by atoms with Crippen molar-refractivity contribution >= 4 is 22.3 Å². The molecule has 29 heavy (non-hydrogen) atoms.